The molecule has 1 aliphatic rings. The highest BCUT2D eigenvalue weighted by atomic mass is 32.2. The predicted molar refractivity (Wildman–Crippen MR) is 113 cm³/mol. The second-order valence-electron chi connectivity index (χ2n) is 7.31. The molecule has 1 aliphatic heterocycles. The molecular formula is C21H23F2N3O5S. The minimum atomic E-state index is -3.95. The van der Waals surface area contributed by atoms with E-state index in [2.05, 4.69) is 5.32 Å². The maximum Gasteiger partial charge on any atom is 0.255 e. The van der Waals surface area contributed by atoms with Crippen molar-refractivity contribution >= 4 is 27.5 Å². The van der Waals surface area contributed by atoms with Crippen LogP contribution < -0.4 is 15.8 Å². The van der Waals surface area contributed by atoms with Crippen LogP contribution in [0.3, 0.4) is 0 Å². The summed E-state index contributed by atoms with van der Waals surface area (Å²) in [6, 6.07) is 4.99. The maximum atomic E-state index is 14.1. The van der Waals surface area contributed by atoms with Crippen LogP contribution in [-0.4, -0.2) is 44.7 Å². The van der Waals surface area contributed by atoms with Crippen LogP contribution in [0.1, 0.15) is 46.4 Å². The molecule has 3 N–H and O–H groups in total. The molecule has 0 radical (unpaired) electrons. The van der Waals surface area contributed by atoms with Gasteiger partial charge < -0.3 is 15.8 Å². The van der Waals surface area contributed by atoms with Crippen molar-refractivity contribution in [3.05, 3.63) is 53.1 Å². The number of rotatable bonds is 6. The van der Waals surface area contributed by atoms with Crippen molar-refractivity contribution in [2.24, 2.45) is 5.73 Å². The van der Waals surface area contributed by atoms with Crippen LogP contribution in [-0.2, 0) is 10.0 Å². The van der Waals surface area contributed by atoms with Gasteiger partial charge in [0.2, 0.25) is 10.0 Å². The number of sulfonamides is 1. The largest absolute Gasteiger partial charge is 0.495 e. The average molecular weight is 467 g/mol. The third kappa shape index (κ3) is 4.89. The zero-order valence-electron chi connectivity index (χ0n) is 17.4. The van der Waals surface area contributed by atoms with Crippen molar-refractivity contribution in [1.29, 1.82) is 0 Å². The number of amides is 2. The highest BCUT2D eigenvalue weighted by Gasteiger charge is 2.29. The van der Waals surface area contributed by atoms with E-state index in [0.29, 0.717) is 19.2 Å². The fourth-order valence-corrected chi connectivity index (χ4v) is 5.17. The average Bonchev–Trinajstić information content (AvgIpc) is 3.05. The summed E-state index contributed by atoms with van der Waals surface area (Å²) in [5.41, 5.74) is 3.89. The molecule has 1 heterocycles. The standard InChI is InChI=1S/C21H23F2N3O5S/c1-31-18-7-6-13(10-19(18)32(29,30)26-8-4-2-3-5-9-26)21(28)25-17-11-14(20(24)27)15(22)12-16(17)23/h6-7,10-12H,2-5,8-9H2,1H3,(H2,24,27)(H,25,28). The molecule has 0 aliphatic carbocycles. The molecular weight excluding hydrogens is 444 g/mol. The van der Waals surface area contributed by atoms with Crippen molar-refractivity contribution in [3.8, 4) is 5.75 Å². The monoisotopic (exact) mass is 467 g/mol. The van der Waals surface area contributed by atoms with Crippen LogP contribution in [0.25, 0.3) is 0 Å². The van der Waals surface area contributed by atoms with Crippen LogP contribution in [0.15, 0.2) is 35.2 Å². The number of anilines is 1. The number of carbonyl (C=O) groups excluding carboxylic acids is 2. The van der Waals surface area contributed by atoms with E-state index in [1.165, 1.54) is 23.5 Å². The fraction of sp³-hybridized carbons (Fsp3) is 0.333. The Morgan fingerprint density at radius 3 is 2.28 bits per heavy atom. The van der Waals surface area contributed by atoms with Gasteiger partial charge in [-0.2, -0.15) is 4.31 Å². The Balaban J connectivity index is 1.95. The van der Waals surface area contributed by atoms with Crippen LogP contribution in [0.2, 0.25) is 0 Å². The van der Waals surface area contributed by atoms with E-state index in [9.17, 15) is 26.8 Å². The summed E-state index contributed by atoms with van der Waals surface area (Å²) in [6.07, 6.45) is 3.33. The lowest BCUT2D eigenvalue weighted by Crippen LogP contribution is -2.32. The zero-order chi connectivity index (χ0) is 23.5. The molecule has 0 spiro atoms. The second kappa shape index (κ2) is 9.61. The highest BCUT2D eigenvalue weighted by Crippen LogP contribution is 2.30. The van der Waals surface area contributed by atoms with Gasteiger partial charge in [0.25, 0.3) is 11.8 Å². The summed E-state index contributed by atoms with van der Waals surface area (Å²) < 4.78 is 60.8. The van der Waals surface area contributed by atoms with Crippen molar-refractivity contribution < 1.29 is 31.5 Å². The van der Waals surface area contributed by atoms with E-state index in [1.54, 1.807) is 0 Å². The first kappa shape index (κ1) is 23.6. The Hall–Kier alpha value is -3.05. The Bertz CT molecular complexity index is 1150. The molecule has 2 aromatic carbocycles. The van der Waals surface area contributed by atoms with E-state index in [4.69, 9.17) is 10.5 Å². The second-order valence-corrected chi connectivity index (χ2v) is 9.22. The number of hydrogen-bond acceptors (Lipinski definition) is 5. The summed E-state index contributed by atoms with van der Waals surface area (Å²) in [6.45, 7) is 0.719. The van der Waals surface area contributed by atoms with E-state index >= 15 is 0 Å². The number of primary amides is 1. The van der Waals surface area contributed by atoms with Crippen LogP contribution in [0.4, 0.5) is 14.5 Å². The van der Waals surface area contributed by atoms with Crippen molar-refractivity contribution in [3.63, 3.8) is 0 Å². The summed E-state index contributed by atoms with van der Waals surface area (Å²) >= 11 is 0. The molecule has 0 saturated carbocycles. The van der Waals surface area contributed by atoms with Gasteiger partial charge in [-0.15, -0.1) is 0 Å². The topological polar surface area (TPSA) is 119 Å². The summed E-state index contributed by atoms with van der Waals surface area (Å²) in [5, 5.41) is 2.22. The normalized spacial score (nSPS) is 15.1. The molecule has 8 nitrogen and oxygen atoms in total. The number of carbonyl (C=O) groups is 2. The molecule has 0 aromatic heterocycles. The number of halogens is 2. The molecule has 1 fully saturated rings. The molecule has 0 unspecified atom stereocenters. The van der Waals surface area contributed by atoms with E-state index in [0.717, 1.165) is 37.8 Å². The van der Waals surface area contributed by atoms with Crippen LogP contribution >= 0.6 is 0 Å². The van der Waals surface area contributed by atoms with Gasteiger partial charge in [0, 0.05) is 24.7 Å². The van der Waals surface area contributed by atoms with E-state index < -0.39 is 44.7 Å². The SMILES string of the molecule is COc1ccc(C(=O)Nc2cc(C(N)=O)c(F)cc2F)cc1S(=O)(=O)N1CCCCCC1. The molecule has 172 valence electrons. The van der Waals surface area contributed by atoms with Gasteiger partial charge in [0.05, 0.1) is 18.4 Å². The van der Waals surface area contributed by atoms with Gasteiger partial charge in [-0.1, -0.05) is 12.8 Å². The number of benzene rings is 2. The summed E-state index contributed by atoms with van der Waals surface area (Å²) in [7, 11) is -2.63. The molecule has 2 amide bonds. The van der Waals surface area contributed by atoms with E-state index in [1.807, 2.05) is 0 Å². The van der Waals surface area contributed by atoms with Gasteiger partial charge in [0.15, 0.2) is 0 Å². The van der Waals surface area contributed by atoms with Gasteiger partial charge in [-0.25, -0.2) is 17.2 Å². The lowest BCUT2D eigenvalue weighted by atomic mass is 10.1. The smallest absolute Gasteiger partial charge is 0.255 e. The zero-order valence-corrected chi connectivity index (χ0v) is 18.2. The molecule has 11 heteroatoms. The Morgan fingerprint density at radius 2 is 1.69 bits per heavy atom. The number of nitrogens with zero attached hydrogens (tertiary/aromatic N) is 1. The molecule has 3 rings (SSSR count). The minimum absolute atomic E-state index is 0.0646. The minimum Gasteiger partial charge on any atom is -0.495 e. The fourth-order valence-electron chi connectivity index (χ4n) is 3.47. The molecule has 1 saturated heterocycles. The van der Waals surface area contributed by atoms with Crippen molar-refractivity contribution in [2.45, 2.75) is 30.6 Å². The third-order valence-electron chi connectivity index (χ3n) is 5.18. The Labute approximate surface area is 184 Å². The maximum absolute atomic E-state index is 14.1. The van der Waals surface area contributed by atoms with Gasteiger partial charge >= 0.3 is 0 Å². The number of nitrogens with one attached hydrogen (secondary N) is 1. The Kier molecular flexibility index (Phi) is 7.09. The Morgan fingerprint density at radius 1 is 1.03 bits per heavy atom. The van der Waals surface area contributed by atoms with Crippen LogP contribution in [0.5, 0.6) is 5.75 Å². The number of methoxy groups -OCH3 is 1. The van der Waals surface area contributed by atoms with Crippen molar-refractivity contribution in [2.75, 3.05) is 25.5 Å². The molecule has 0 atom stereocenters. The molecule has 2 aromatic rings. The van der Waals surface area contributed by atoms with Gasteiger partial charge in [-0.3, -0.25) is 9.59 Å². The number of hydrogen-bond donors (Lipinski definition) is 2. The molecule has 0 bridgehead atoms. The van der Waals surface area contributed by atoms with Gasteiger partial charge in [-0.05, 0) is 37.1 Å². The molecule has 32 heavy (non-hydrogen) atoms. The first-order valence-electron chi connectivity index (χ1n) is 9.93. The summed E-state index contributed by atoms with van der Waals surface area (Å²) in [4.78, 5) is 23.8. The first-order chi connectivity index (χ1) is 15.1. The van der Waals surface area contributed by atoms with E-state index in [-0.39, 0.29) is 16.2 Å². The predicted octanol–water partition coefficient (Wildman–Crippen LogP) is 2.89. The number of ether oxygens (including phenoxy) is 1. The summed E-state index contributed by atoms with van der Waals surface area (Å²) in [5.74, 6) is -4.21. The van der Waals surface area contributed by atoms with Gasteiger partial charge in [0.1, 0.15) is 22.3 Å². The quantitative estimate of drug-likeness (QED) is 0.677. The third-order valence-corrected chi connectivity index (χ3v) is 7.10. The van der Waals surface area contributed by atoms with Crippen LogP contribution in [0, 0.1) is 11.6 Å². The number of nitrogens with two attached hydrogens (primary N) is 1. The highest BCUT2D eigenvalue weighted by molar-refractivity contribution is 7.89. The first-order valence-corrected chi connectivity index (χ1v) is 11.4. The van der Waals surface area contributed by atoms with Crippen molar-refractivity contribution in [1.82, 2.24) is 4.31 Å². The lowest BCUT2D eigenvalue weighted by Gasteiger charge is -2.21. The lowest BCUT2D eigenvalue weighted by molar-refractivity contribution is 0.0992.